The first-order valence-electron chi connectivity index (χ1n) is 9.50. The second kappa shape index (κ2) is 8.31. The van der Waals surface area contributed by atoms with Crippen molar-refractivity contribution >= 4 is 11.2 Å². The van der Waals surface area contributed by atoms with E-state index in [-0.39, 0.29) is 11.5 Å². The molecular formula is C21H24F3N3O2. The summed E-state index contributed by atoms with van der Waals surface area (Å²) in [6.45, 7) is 4.00. The van der Waals surface area contributed by atoms with Gasteiger partial charge in [-0.3, -0.25) is 0 Å². The summed E-state index contributed by atoms with van der Waals surface area (Å²) in [7, 11) is 3.31. The van der Waals surface area contributed by atoms with Crippen LogP contribution in [0.2, 0.25) is 0 Å². The van der Waals surface area contributed by atoms with E-state index in [4.69, 9.17) is 14.7 Å². The van der Waals surface area contributed by atoms with Crippen LogP contribution in [0.3, 0.4) is 0 Å². The van der Waals surface area contributed by atoms with Gasteiger partial charge < -0.3 is 14.0 Å². The van der Waals surface area contributed by atoms with Crippen LogP contribution in [0.4, 0.5) is 13.2 Å². The van der Waals surface area contributed by atoms with Gasteiger partial charge in [-0.2, -0.15) is 0 Å². The Morgan fingerprint density at radius 1 is 1.14 bits per heavy atom. The van der Waals surface area contributed by atoms with Gasteiger partial charge in [-0.25, -0.2) is 9.97 Å². The number of benzene rings is 1. The molecule has 0 amide bonds. The molecule has 0 saturated heterocycles. The number of ether oxygens (including phenoxy) is 2. The summed E-state index contributed by atoms with van der Waals surface area (Å²) in [5, 5.41) is 0. The first-order valence-corrected chi connectivity index (χ1v) is 9.50. The van der Waals surface area contributed by atoms with Gasteiger partial charge in [0.15, 0.2) is 5.65 Å². The van der Waals surface area contributed by atoms with Crippen molar-refractivity contribution in [1.29, 1.82) is 0 Å². The van der Waals surface area contributed by atoms with Crippen LogP contribution in [-0.4, -0.2) is 28.0 Å². The molecule has 0 aliphatic heterocycles. The quantitative estimate of drug-likeness (QED) is 0.480. The van der Waals surface area contributed by atoms with Crippen molar-refractivity contribution < 1.29 is 22.6 Å². The number of alkyl halides is 3. The van der Waals surface area contributed by atoms with Crippen molar-refractivity contribution in [3.05, 3.63) is 35.7 Å². The molecule has 0 unspecified atom stereocenters. The van der Waals surface area contributed by atoms with Gasteiger partial charge in [0, 0.05) is 24.9 Å². The van der Waals surface area contributed by atoms with Crippen molar-refractivity contribution in [2.24, 2.45) is 7.05 Å². The fourth-order valence-electron chi connectivity index (χ4n) is 3.40. The Kier molecular flexibility index (Phi) is 6.00. The highest BCUT2D eigenvalue weighted by Gasteiger charge is 2.31. The average molecular weight is 407 g/mol. The second-order valence-electron chi connectivity index (χ2n) is 6.96. The average Bonchev–Trinajstić information content (AvgIpc) is 2.95. The predicted molar refractivity (Wildman–Crippen MR) is 105 cm³/mol. The van der Waals surface area contributed by atoms with E-state index in [1.54, 1.807) is 0 Å². The molecule has 0 bridgehead atoms. The number of nitrogens with zero attached hydrogens (tertiary/aromatic N) is 3. The lowest BCUT2D eigenvalue weighted by atomic mass is 10.1. The Morgan fingerprint density at radius 3 is 2.55 bits per heavy atom. The summed E-state index contributed by atoms with van der Waals surface area (Å²) in [6, 6.07) is 3.96. The number of methoxy groups -OCH3 is 1. The van der Waals surface area contributed by atoms with E-state index in [1.807, 2.05) is 24.7 Å². The van der Waals surface area contributed by atoms with Crippen molar-refractivity contribution in [3.63, 3.8) is 0 Å². The summed E-state index contributed by atoms with van der Waals surface area (Å²) in [5.41, 5.74) is 4.55. The number of aryl methyl sites for hydroxylation is 3. The van der Waals surface area contributed by atoms with Crippen molar-refractivity contribution in [1.82, 2.24) is 14.5 Å². The maximum absolute atomic E-state index is 12.5. The highest BCUT2D eigenvalue weighted by molar-refractivity contribution is 5.81. The summed E-state index contributed by atoms with van der Waals surface area (Å²) in [5.74, 6) is -0.109. The zero-order chi connectivity index (χ0) is 21.2. The normalized spacial score (nSPS) is 11.8. The van der Waals surface area contributed by atoms with Gasteiger partial charge in [0.25, 0.3) is 0 Å². The minimum Gasteiger partial charge on any atom is -0.496 e. The van der Waals surface area contributed by atoms with Gasteiger partial charge in [0.05, 0.1) is 18.5 Å². The van der Waals surface area contributed by atoms with E-state index in [9.17, 15) is 13.2 Å². The van der Waals surface area contributed by atoms with Crippen LogP contribution < -0.4 is 9.47 Å². The Balaban J connectivity index is 2.03. The Labute approximate surface area is 167 Å². The van der Waals surface area contributed by atoms with Crippen LogP contribution in [0, 0.1) is 6.92 Å². The molecule has 2 aromatic heterocycles. The lowest BCUT2D eigenvalue weighted by molar-refractivity contribution is -0.274. The molecule has 0 spiro atoms. The first-order chi connectivity index (χ1) is 13.7. The van der Waals surface area contributed by atoms with Crippen LogP contribution in [0.1, 0.15) is 37.4 Å². The number of fused-ring (bicyclic) bond motifs is 1. The molecule has 0 saturated carbocycles. The van der Waals surface area contributed by atoms with Gasteiger partial charge >= 0.3 is 6.36 Å². The SMILES string of the molecule is CCCCCc1cn(C)c2nc(-c3ccc(OC(F)(F)F)cc3OC)c(C)nc12. The Bertz CT molecular complexity index is 1010. The van der Waals surface area contributed by atoms with Gasteiger partial charge in [0.1, 0.15) is 17.0 Å². The highest BCUT2D eigenvalue weighted by Crippen LogP contribution is 2.36. The van der Waals surface area contributed by atoms with E-state index >= 15 is 0 Å². The third kappa shape index (κ3) is 4.63. The molecule has 3 aromatic rings. The molecule has 5 nitrogen and oxygen atoms in total. The maximum Gasteiger partial charge on any atom is 0.573 e. The summed E-state index contributed by atoms with van der Waals surface area (Å²) < 4.78 is 48.7. The number of hydrogen-bond acceptors (Lipinski definition) is 4. The lowest BCUT2D eigenvalue weighted by Gasteiger charge is -2.14. The predicted octanol–water partition coefficient (Wildman–Crippen LogP) is 5.58. The minimum atomic E-state index is -4.77. The third-order valence-corrected chi connectivity index (χ3v) is 4.75. The minimum absolute atomic E-state index is 0.237. The molecule has 0 radical (unpaired) electrons. The molecule has 0 aliphatic rings. The summed E-state index contributed by atoms with van der Waals surface area (Å²) in [4.78, 5) is 9.52. The Hall–Kier alpha value is -2.77. The molecule has 156 valence electrons. The molecule has 8 heteroatoms. The van der Waals surface area contributed by atoms with Crippen LogP contribution >= 0.6 is 0 Å². The molecule has 29 heavy (non-hydrogen) atoms. The van der Waals surface area contributed by atoms with E-state index in [1.165, 1.54) is 25.3 Å². The molecule has 2 heterocycles. The molecule has 3 rings (SSSR count). The second-order valence-corrected chi connectivity index (χ2v) is 6.96. The van der Waals surface area contributed by atoms with Gasteiger partial charge in [-0.1, -0.05) is 19.8 Å². The highest BCUT2D eigenvalue weighted by atomic mass is 19.4. The topological polar surface area (TPSA) is 49.2 Å². The molecule has 0 atom stereocenters. The fourth-order valence-corrected chi connectivity index (χ4v) is 3.40. The van der Waals surface area contributed by atoms with Crippen LogP contribution in [0.5, 0.6) is 11.5 Å². The van der Waals surface area contributed by atoms with Gasteiger partial charge in [-0.15, -0.1) is 13.2 Å². The van der Waals surface area contributed by atoms with Gasteiger partial charge in [0.2, 0.25) is 0 Å². The number of halogens is 3. The fraction of sp³-hybridized carbons (Fsp3) is 0.429. The van der Waals surface area contributed by atoms with Gasteiger partial charge in [-0.05, 0) is 37.5 Å². The van der Waals surface area contributed by atoms with Crippen molar-refractivity contribution in [3.8, 4) is 22.8 Å². The molecule has 0 fully saturated rings. The molecule has 0 N–H and O–H groups in total. The smallest absolute Gasteiger partial charge is 0.496 e. The van der Waals surface area contributed by atoms with E-state index < -0.39 is 6.36 Å². The molecule has 1 aromatic carbocycles. The van der Waals surface area contributed by atoms with Crippen molar-refractivity contribution in [2.45, 2.75) is 45.9 Å². The maximum atomic E-state index is 12.5. The van der Waals surface area contributed by atoms with E-state index in [0.717, 1.165) is 42.4 Å². The third-order valence-electron chi connectivity index (χ3n) is 4.75. The lowest BCUT2D eigenvalue weighted by Crippen LogP contribution is -2.17. The van der Waals surface area contributed by atoms with Crippen molar-refractivity contribution in [2.75, 3.05) is 7.11 Å². The largest absolute Gasteiger partial charge is 0.573 e. The number of hydrogen-bond donors (Lipinski definition) is 0. The first kappa shape index (κ1) is 21.0. The standard InChI is InChI=1S/C21H24F3N3O2/c1-5-6-7-8-14-12-27(3)20-19(14)25-13(2)18(26-20)16-10-9-15(11-17(16)28-4)29-21(22,23)24/h9-12H,5-8H2,1-4H3. The number of unbranched alkanes of at least 4 members (excludes halogenated alkanes) is 2. The van der Waals surface area contributed by atoms with E-state index in [0.29, 0.717) is 17.0 Å². The zero-order valence-corrected chi connectivity index (χ0v) is 16.9. The van der Waals surface area contributed by atoms with Crippen LogP contribution in [0.25, 0.3) is 22.4 Å². The summed E-state index contributed by atoms with van der Waals surface area (Å²) >= 11 is 0. The number of aromatic nitrogens is 3. The monoisotopic (exact) mass is 407 g/mol. The molecule has 0 aliphatic carbocycles. The van der Waals surface area contributed by atoms with Crippen LogP contribution in [0.15, 0.2) is 24.4 Å². The Morgan fingerprint density at radius 2 is 1.90 bits per heavy atom. The van der Waals surface area contributed by atoms with E-state index in [2.05, 4.69) is 11.7 Å². The molecular weight excluding hydrogens is 383 g/mol. The van der Waals surface area contributed by atoms with Crippen LogP contribution in [-0.2, 0) is 13.5 Å². The zero-order valence-electron chi connectivity index (χ0n) is 16.9. The number of rotatable bonds is 7. The summed E-state index contributed by atoms with van der Waals surface area (Å²) in [6.07, 6.45) is 1.61.